The Bertz CT molecular complexity index is 705. The van der Waals surface area contributed by atoms with Gasteiger partial charge in [0.1, 0.15) is 0 Å². The maximum Gasteiger partial charge on any atom is 0.0898 e. The van der Waals surface area contributed by atoms with Crippen LogP contribution in [0.3, 0.4) is 0 Å². The van der Waals surface area contributed by atoms with Crippen LogP contribution in [0.25, 0.3) is 10.9 Å². The van der Waals surface area contributed by atoms with Gasteiger partial charge in [-0.15, -0.1) is 11.3 Å². The highest BCUT2D eigenvalue weighted by Crippen LogP contribution is 2.23. The zero-order valence-electron chi connectivity index (χ0n) is 10.9. The van der Waals surface area contributed by atoms with Gasteiger partial charge in [-0.25, -0.2) is 4.98 Å². The number of fused-ring (bicyclic) bond motifs is 1. The van der Waals surface area contributed by atoms with Crippen LogP contribution in [-0.2, 0) is 0 Å². The molecule has 2 aromatic heterocycles. The maximum absolute atomic E-state index is 4.51. The molecule has 2 heterocycles. The van der Waals surface area contributed by atoms with Crippen molar-refractivity contribution in [2.75, 3.05) is 5.32 Å². The minimum atomic E-state index is 0.207. The van der Waals surface area contributed by atoms with E-state index in [-0.39, 0.29) is 6.04 Å². The van der Waals surface area contributed by atoms with Crippen molar-refractivity contribution >= 4 is 27.9 Å². The molecule has 0 fully saturated rings. The monoisotopic (exact) mass is 269 g/mol. The van der Waals surface area contributed by atoms with Gasteiger partial charge in [0.25, 0.3) is 0 Å². The first-order chi connectivity index (χ1) is 9.22. The molecule has 3 aromatic rings. The van der Waals surface area contributed by atoms with Crippen LogP contribution in [0.5, 0.6) is 0 Å². The summed E-state index contributed by atoms with van der Waals surface area (Å²) in [5, 5.41) is 7.84. The van der Waals surface area contributed by atoms with Crippen molar-refractivity contribution in [3.63, 3.8) is 0 Å². The SMILES string of the molecule is Cc1nc(C(C)Nc2ccc3ncccc3c2)cs1. The number of thiazole rings is 1. The van der Waals surface area contributed by atoms with Gasteiger partial charge in [-0.05, 0) is 38.1 Å². The van der Waals surface area contributed by atoms with Crippen molar-refractivity contribution in [1.29, 1.82) is 0 Å². The van der Waals surface area contributed by atoms with E-state index in [0.29, 0.717) is 0 Å². The molecule has 0 bridgehead atoms. The molecular formula is C15H15N3S. The van der Waals surface area contributed by atoms with E-state index >= 15 is 0 Å². The first-order valence-corrected chi connectivity index (χ1v) is 7.14. The standard InChI is InChI=1S/C15H15N3S/c1-10(15-9-19-11(2)18-15)17-13-5-6-14-12(8-13)4-3-7-16-14/h3-10,17H,1-2H3. The van der Waals surface area contributed by atoms with E-state index in [2.05, 4.69) is 45.8 Å². The number of hydrogen-bond donors (Lipinski definition) is 1. The smallest absolute Gasteiger partial charge is 0.0898 e. The molecule has 3 rings (SSSR count). The van der Waals surface area contributed by atoms with Gasteiger partial charge in [-0.1, -0.05) is 6.07 Å². The van der Waals surface area contributed by atoms with Crippen LogP contribution in [-0.4, -0.2) is 9.97 Å². The predicted molar refractivity (Wildman–Crippen MR) is 80.6 cm³/mol. The van der Waals surface area contributed by atoms with Gasteiger partial charge in [-0.3, -0.25) is 4.98 Å². The number of aryl methyl sites for hydroxylation is 1. The van der Waals surface area contributed by atoms with Crippen molar-refractivity contribution in [1.82, 2.24) is 9.97 Å². The second-order valence-corrected chi connectivity index (χ2v) is 5.63. The quantitative estimate of drug-likeness (QED) is 0.775. The lowest BCUT2D eigenvalue weighted by Crippen LogP contribution is -2.06. The third-order valence-electron chi connectivity index (χ3n) is 3.07. The first kappa shape index (κ1) is 12.1. The summed E-state index contributed by atoms with van der Waals surface area (Å²) in [5.74, 6) is 0. The second kappa shape index (κ2) is 4.97. The van der Waals surface area contributed by atoms with Gasteiger partial charge >= 0.3 is 0 Å². The van der Waals surface area contributed by atoms with Gasteiger partial charge in [0.05, 0.1) is 22.3 Å². The molecule has 0 saturated carbocycles. The minimum absolute atomic E-state index is 0.207. The van der Waals surface area contributed by atoms with Gasteiger partial charge in [0.15, 0.2) is 0 Å². The van der Waals surface area contributed by atoms with Crippen molar-refractivity contribution in [3.05, 3.63) is 52.6 Å². The van der Waals surface area contributed by atoms with E-state index in [4.69, 9.17) is 0 Å². The topological polar surface area (TPSA) is 37.8 Å². The third kappa shape index (κ3) is 2.58. The first-order valence-electron chi connectivity index (χ1n) is 6.26. The second-order valence-electron chi connectivity index (χ2n) is 4.57. The Kier molecular flexibility index (Phi) is 3.17. The molecule has 19 heavy (non-hydrogen) atoms. The van der Waals surface area contributed by atoms with Crippen molar-refractivity contribution in [3.8, 4) is 0 Å². The highest BCUT2D eigenvalue weighted by Gasteiger charge is 2.08. The number of benzene rings is 1. The Morgan fingerprint density at radius 3 is 2.95 bits per heavy atom. The molecule has 96 valence electrons. The van der Waals surface area contributed by atoms with Gasteiger partial charge in [-0.2, -0.15) is 0 Å². The van der Waals surface area contributed by atoms with E-state index < -0.39 is 0 Å². The summed E-state index contributed by atoms with van der Waals surface area (Å²) in [5.41, 5.74) is 3.21. The number of pyridine rings is 1. The number of aromatic nitrogens is 2. The van der Waals surface area contributed by atoms with Crippen molar-refractivity contribution in [2.24, 2.45) is 0 Å². The van der Waals surface area contributed by atoms with E-state index in [1.54, 1.807) is 11.3 Å². The molecular weight excluding hydrogens is 254 g/mol. The number of anilines is 1. The van der Waals surface area contributed by atoms with Gasteiger partial charge < -0.3 is 5.32 Å². The lowest BCUT2D eigenvalue weighted by molar-refractivity contribution is 0.846. The Hall–Kier alpha value is -1.94. The van der Waals surface area contributed by atoms with Crippen molar-refractivity contribution in [2.45, 2.75) is 19.9 Å². The average Bonchev–Trinajstić information content (AvgIpc) is 2.85. The number of nitrogens with one attached hydrogen (secondary N) is 1. The van der Waals surface area contributed by atoms with Crippen LogP contribution in [0.15, 0.2) is 41.9 Å². The molecule has 0 spiro atoms. The van der Waals surface area contributed by atoms with Crippen LogP contribution < -0.4 is 5.32 Å². The molecule has 0 saturated heterocycles. The van der Waals surface area contributed by atoms with Crippen LogP contribution in [0, 0.1) is 6.92 Å². The fourth-order valence-electron chi connectivity index (χ4n) is 2.07. The summed E-state index contributed by atoms with van der Waals surface area (Å²) >= 11 is 1.68. The normalized spacial score (nSPS) is 12.5. The Balaban J connectivity index is 1.84. The van der Waals surface area contributed by atoms with Gasteiger partial charge in [0, 0.05) is 22.7 Å². The Labute approximate surface area is 116 Å². The summed E-state index contributed by atoms with van der Waals surface area (Å²) < 4.78 is 0. The lowest BCUT2D eigenvalue weighted by atomic mass is 10.2. The van der Waals surface area contributed by atoms with E-state index in [1.165, 1.54) is 0 Å². The van der Waals surface area contributed by atoms with Crippen LogP contribution in [0.4, 0.5) is 5.69 Å². The summed E-state index contributed by atoms with van der Waals surface area (Å²) in [6.07, 6.45) is 1.82. The minimum Gasteiger partial charge on any atom is -0.377 e. The summed E-state index contributed by atoms with van der Waals surface area (Å²) in [4.78, 5) is 8.84. The van der Waals surface area contributed by atoms with Crippen LogP contribution in [0.1, 0.15) is 23.7 Å². The molecule has 1 N–H and O–H groups in total. The number of hydrogen-bond acceptors (Lipinski definition) is 4. The zero-order valence-corrected chi connectivity index (χ0v) is 11.7. The molecule has 0 aliphatic heterocycles. The van der Waals surface area contributed by atoms with Crippen molar-refractivity contribution < 1.29 is 0 Å². The van der Waals surface area contributed by atoms with Crippen LogP contribution in [0.2, 0.25) is 0 Å². The summed E-state index contributed by atoms with van der Waals surface area (Å²) in [7, 11) is 0. The molecule has 0 radical (unpaired) electrons. The molecule has 4 heteroatoms. The molecule has 0 amide bonds. The average molecular weight is 269 g/mol. The van der Waals surface area contributed by atoms with Crippen LogP contribution >= 0.6 is 11.3 Å². The fraction of sp³-hybridized carbons (Fsp3) is 0.200. The highest BCUT2D eigenvalue weighted by atomic mass is 32.1. The van der Waals surface area contributed by atoms with Gasteiger partial charge in [0.2, 0.25) is 0 Å². The summed E-state index contributed by atoms with van der Waals surface area (Å²) in [6.45, 7) is 4.16. The third-order valence-corrected chi connectivity index (χ3v) is 3.86. The Morgan fingerprint density at radius 2 is 2.16 bits per heavy atom. The van der Waals surface area contributed by atoms with E-state index in [0.717, 1.165) is 27.3 Å². The number of rotatable bonds is 3. The fourth-order valence-corrected chi connectivity index (χ4v) is 2.77. The lowest BCUT2D eigenvalue weighted by Gasteiger charge is -2.13. The summed E-state index contributed by atoms with van der Waals surface area (Å²) in [6, 6.07) is 10.5. The molecule has 1 unspecified atom stereocenters. The largest absolute Gasteiger partial charge is 0.377 e. The Morgan fingerprint density at radius 1 is 1.26 bits per heavy atom. The predicted octanol–water partition coefficient (Wildman–Crippen LogP) is 4.17. The molecule has 0 aliphatic rings. The molecule has 1 atom stereocenters. The van der Waals surface area contributed by atoms with E-state index in [1.807, 2.05) is 25.3 Å². The molecule has 1 aromatic carbocycles. The maximum atomic E-state index is 4.51. The number of nitrogens with zero attached hydrogens (tertiary/aromatic N) is 2. The van der Waals surface area contributed by atoms with E-state index in [9.17, 15) is 0 Å². The highest BCUT2D eigenvalue weighted by molar-refractivity contribution is 7.09. The molecule has 3 nitrogen and oxygen atoms in total. The molecule has 0 aliphatic carbocycles. The zero-order chi connectivity index (χ0) is 13.2.